The van der Waals surface area contributed by atoms with Crippen LogP contribution in [0, 0.1) is 0 Å². The Morgan fingerprint density at radius 1 is 1.20 bits per heavy atom. The summed E-state index contributed by atoms with van der Waals surface area (Å²) in [5.74, 6) is -0.512. The number of carbonyl (C=O) groups is 2. The van der Waals surface area contributed by atoms with Gasteiger partial charge in [0, 0.05) is 35.8 Å². The van der Waals surface area contributed by atoms with Crippen LogP contribution in [0.15, 0.2) is 41.8 Å². The summed E-state index contributed by atoms with van der Waals surface area (Å²) < 4.78 is 22.9. The van der Waals surface area contributed by atoms with E-state index in [1.165, 1.54) is 5.41 Å². The number of aromatic nitrogens is 1. The Balaban J connectivity index is 1.39. The largest absolute Gasteiger partial charge is 0.366 e. The van der Waals surface area contributed by atoms with Crippen molar-refractivity contribution in [1.82, 2.24) is 15.2 Å². The molecule has 2 aromatic rings. The molecule has 30 heavy (non-hydrogen) atoms. The minimum absolute atomic E-state index is 0.00805. The summed E-state index contributed by atoms with van der Waals surface area (Å²) in [6, 6.07) is 9.08. The van der Waals surface area contributed by atoms with Gasteiger partial charge < -0.3 is 16.0 Å². The van der Waals surface area contributed by atoms with E-state index < -0.39 is 15.7 Å². The molecule has 158 valence electrons. The molecule has 0 aliphatic carbocycles. The van der Waals surface area contributed by atoms with Crippen molar-refractivity contribution in [3.05, 3.63) is 53.1 Å². The molecule has 0 radical (unpaired) electrons. The maximum atomic E-state index is 12.5. The van der Waals surface area contributed by atoms with Crippen LogP contribution in [0.4, 0.5) is 0 Å². The highest BCUT2D eigenvalue weighted by Crippen LogP contribution is 2.31. The van der Waals surface area contributed by atoms with Gasteiger partial charge in [0.15, 0.2) is 9.84 Å². The number of likely N-dealkylation sites (tertiary alicyclic amines) is 1. The molecule has 1 unspecified atom stereocenters. The molecule has 8 nitrogen and oxygen atoms in total. The first-order valence-electron chi connectivity index (χ1n) is 9.94. The van der Waals surface area contributed by atoms with Crippen LogP contribution < -0.4 is 11.1 Å². The predicted molar refractivity (Wildman–Crippen MR) is 114 cm³/mol. The van der Waals surface area contributed by atoms with Gasteiger partial charge in [-0.15, -0.1) is 0 Å². The molecular formula is C21H24N4O4S. The van der Waals surface area contributed by atoms with Gasteiger partial charge in [0.2, 0.25) is 5.91 Å². The van der Waals surface area contributed by atoms with Crippen LogP contribution >= 0.6 is 0 Å². The van der Waals surface area contributed by atoms with Crippen molar-refractivity contribution in [3.8, 4) is 0 Å². The smallest absolute Gasteiger partial charge is 0.250 e. The van der Waals surface area contributed by atoms with Crippen LogP contribution in [0.5, 0.6) is 0 Å². The maximum absolute atomic E-state index is 12.5. The maximum Gasteiger partial charge on any atom is 0.250 e. The van der Waals surface area contributed by atoms with Gasteiger partial charge in [-0.1, -0.05) is 24.3 Å². The number of fused-ring (bicyclic) bond motifs is 1. The average molecular weight is 429 g/mol. The van der Waals surface area contributed by atoms with Gasteiger partial charge in [0.1, 0.15) is 0 Å². The number of nitrogens with one attached hydrogen (secondary N) is 1. The van der Waals surface area contributed by atoms with E-state index >= 15 is 0 Å². The molecule has 1 aromatic carbocycles. The molecule has 0 saturated carbocycles. The van der Waals surface area contributed by atoms with E-state index in [1.807, 2.05) is 24.3 Å². The highest BCUT2D eigenvalue weighted by Gasteiger charge is 2.28. The molecule has 2 amide bonds. The standard InChI is InChI=1S/C21H24N4O4S/c22-21(27)17-11-15-3-1-2-4-18(15)24-20(17)14-5-8-25(9-6-14)19(26)12-23-16-7-10-30(28,29)13-16/h1-4,7,10-11,14,16,23H,5-6,8-9,12-13H2,(H2,22,27). The molecule has 9 heteroatoms. The Bertz CT molecular complexity index is 1120. The molecule has 2 aliphatic rings. The first-order valence-corrected chi connectivity index (χ1v) is 11.7. The molecule has 3 N–H and O–H groups in total. The van der Waals surface area contributed by atoms with Gasteiger partial charge in [-0.05, 0) is 25.0 Å². The second kappa shape index (κ2) is 8.16. The Labute approximate surface area is 175 Å². The van der Waals surface area contributed by atoms with E-state index in [9.17, 15) is 18.0 Å². The quantitative estimate of drug-likeness (QED) is 0.731. The molecule has 1 atom stereocenters. The lowest BCUT2D eigenvalue weighted by Crippen LogP contribution is -2.45. The van der Waals surface area contributed by atoms with Gasteiger partial charge in [-0.25, -0.2) is 8.42 Å². The molecule has 4 rings (SSSR count). The van der Waals surface area contributed by atoms with Crippen molar-refractivity contribution in [2.75, 3.05) is 25.4 Å². The topological polar surface area (TPSA) is 122 Å². The van der Waals surface area contributed by atoms with Crippen molar-refractivity contribution < 1.29 is 18.0 Å². The van der Waals surface area contributed by atoms with Crippen LogP contribution in [0.3, 0.4) is 0 Å². The van der Waals surface area contributed by atoms with Crippen molar-refractivity contribution in [1.29, 1.82) is 0 Å². The summed E-state index contributed by atoms with van der Waals surface area (Å²) in [6.07, 6.45) is 2.95. The summed E-state index contributed by atoms with van der Waals surface area (Å²) in [4.78, 5) is 31.0. The molecule has 3 heterocycles. The second-order valence-corrected chi connectivity index (χ2v) is 9.71. The van der Waals surface area contributed by atoms with E-state index in [2.05, 4.69) is 5.32 Å². The zero-order valence-electron chi connectivity index (χ0n) is 16.5. The third-order valence-corrected chi connectivity index (χ3v) is 7.09. The summed E-state index contributed by atoms with van der Waals surface area (Å²) >= 11 is 0. The lowest BCUT2D eigenvalue weighted by molar-refractivity contribution is -0.131. The predicted octanol–water partition coefficient (Wildman–Crippen LogP) is 0.940. The Morgan fingerprint density at radius 3 is 2.60 bits per heavy atom. The number of primary amides is 1. The zero-order valence-corrected chi connectivity index (χ0v) is 17.3. The Morgan fingerprint density at radius 2 is 1.93 bits per heavy atom. The fourth-order valence-electron chi connectivity index (χ4n) is 4.07. The van der Waals surface area contributed by atoms with E-state index in [4.69, 9.17) is 10.7 Å². The number of pyridine rings is 1. The number of rotatable bonds is 5. The minimum Gasteiger partial charge on any atom is -0.366 e. The van der Waals surface area contributed by atoms with Crippen LogP contribution in [-0.2, 0) is 14.6 Å². The number of nitrogens with two attached hydrogens (primary N) is 1. The lowest BCUT2D eigenvalue weighted by atomic mass is 9.89. The molecule has 0 spiro atoms. The van der Waals surface area contributed by atoms with Crippen LogP contribution in [0.1, 0.15) is 34.8 Å². The first kappa shape index (κ1) is 20.5. The zero-order chi connectivity index (χ0) is 21.3. The number of sulfone groups is 1. The van der Waals surface area contributed by atoms with Crippen molar-refractivity contribution >= 4 is 32.6 Å². The van der Waals surface area contributed by atoms with Crippen molar-refractivity contribution in [2.24, 2.45) is 5.73 Å². The molecular weight excluding hydrogens is 404 g/mol. The van der Waals surface area contributed by atoms with Gasteiger partial charge >= 0.3 is 0 Å². The summed E-state index contributed by atoms with van der Waals surface area (Å²) in [5, 5.41) is 5.05. The third kappa shape index (κ3) is 4.36. The number of para-hydroxylation sites is 1. The highest BCUT2D eigenvalue weighted by atomic mass is 32.2. The molecule has 1 saturated heterocycles. The average Bonchev–Trinajstić information content (AvgIpc) is 3.09. The highest BCUT2D eigenvalue weighted by molar-refractivity contribution is 7.94. The SMILES string of the molecule is NC(=O)c1cc2ccccc2nc1C1CCN(C(=O)CNC2C=CS(=O)(=O)C2)CC1. The molecule has 0 bridgehead atoms. The fraction of sp³-hybridized carbons (Fsp3) is 0.381. The second-order valence-electron chi connectivity index (χ2n) is 7.78. The van der Waals surface area contributed by atoms with Gasteiger partial charge in [0.25, 0.3) is 5.91 Å². The van der Waals surface area contributed by atoms with Crippen LogP contribution in [0.2, 0.25) is 0 Å². The van der Waals surface area contributed by atoms with Crippen molar-refractivity contribution in [2.45, 2.75) is 24.8 Å². The summed E-state index contributed by atoms with van der Waals surface area (Å²) in [7, 11) is -3.15. The minimum atomic E-state index is -3.15. The number of benzene rings is 1. The Kier molecular flexibility index (Phi) is 5.57. The molecule has 2 aliphatic heterocycles. The first-order chi connectivity index (χ1) is 14.3. The number of amides is 2. The van der Waals surface area contributed by atoms with Crippen LogP contribution in [0.25, 0.3) is 10.9 Å². The molecule has 1 aromatic heterocycles. The van der Waals surface area contributed by atoms with Crippen molar-refractivity contribution in [3.63, 3.8) is 0 Å². The normalized spacial score (nSPS) is 21.2. The lowest BCUT2D eigenvalue weighted by Gasteiger charge is -2.32. The van der Waals surface area contributed by atoms with E-state index in [0.29, 0.717) is 37.2 Å². The number of nitrogens with zero attached hydrogens (tertiary/aromatic N) is 2. The van der Waals surface area contributed by atoms with Gasteiger partial charge in [-0.3, -0.25) is 14.6 Å². The third-order valence-electron chi connectivity index (χ3n) is 5.70. The number of hydrogen-bond acceptors (Lipinski definition) is 6. The monoisotopic (exact) mass is 428 g/mol. The number of piperidine rings is 1. The fourth-order valence-corrected chi connectivity index (χ4v) is 5.34. The Hall–Kier alpha value is -2.78. The van der Waals surface area contributed by atoms with Gasteiger partial charge in [-0.2, -0.15) is 0 Å². The van der Waals surface area contributed by atoms with E-state index in [-0.39, 0.29) is 30.2 Å². The number of carbonyl (C=O) groups excluding carboxylic acids is 2. The number of hydrogen-bond donors (Lipinski definition) is 2. The van der Waals surface area contributed by atoms with Crippen LogP contribution in [-0.4, -0.2) is 61.5 Å². The van der Waals surface area contributed by atoms with E-state index in [0.717, 1.165) is 10.9 Å². The van der Waals surface area contributed by atoms with E-state index in [1.54, 1.807) is 17.0 Å². The van der Waals surface area contributed by atoms with Gasteiger partial charge in [0.05, 0.1) is 29.1 Å². The molecule has 1 fully saturated rings. The summed E-state index contributed by atoms with van der Waals surface area (Å²) in [6.45, 7) is 1.20. The summed E-state index contributed by atoms with van der Waals surface area (Å²) in [5.41, 5.74) is 7.57.